The molecule has 0 aliphatic rings. The summed E-state index contributed by atoms with van der Waals surface area (Å²) in [6.07, 6.45) is 1.79. The molecule has 0 fully saturated rings. The van der Waals surface area contributed by atoms with Crippen molar-refractivity contribution in [3.63, 3.8) is 0 Å². The molecular formula is C12H16BrClU. The molecule has 0 radical (unpaired) electrons. The minimum absolute atomic E-state index is 0. The number of aryl methyl sites for hydroxylation is 2. The predicted molar refractivity (Wildman–Crippen MR) is 67.8 cm³/mol. The summed E-state index contributed by atoms with van der Waals surface area (Å²) < 4.78 is 1.11. The Morgan fingerprint density at radius 2 is 2.00 bits per heavy atom. The van der Waals surface area contributed by atoms with E-state index < -0.39 is 0 Å². The van der Waals surface area contributed by atoms with Gasteiger partial charge in [0, 0.05) is 0 Å². The van der Waals surface area contributed by atoms with Crippen molar-refractivity contribution in [3.05, 3.63) is 39.7 Å². The third-order valence-corrected chi connectivity index (χ3v) is 2.96. The fraction of sp³-hybridized carbons (Fsp3) is 0.417. The third kappa shape index (κ3) is 6.37. The average Bonchev–Trinajstić information content (AvgIpc) is 2.17. The van der Waals surface area contributed by atoms with E-state index >= 15 is 0 Å². The van der Waals surface area contributed by atoms with Gasteiger partial charge >= 0.3 is 31.1 Å². The van der Waals surface area contributed by atoms with Gasteiger partial charge < -0.3 is 6.92 Å². The fourth-order valence-corrected chi connectivity index (χ4v) is 1.77. The van der Waals surface area contributed by atoms with Crippen LogP contribution >= 0.6 is 27.5 Å². The normalized spacial score (nSPS) is 8.67. The molecule has 0 saturated heterocycles. The minimum atomic E-state index is 0. The molecule has 1 aromatic rings. The van der Waals surface area contributed by atoms with Gasteiger partial charge in [-0.25, -0.2) is 0 Å². The molecule has 0 amide bonds. The molecule has 0 unspecified atom stereocenters. The monoisotopic (exact) mass is 512 g/mol. The second-order valence-electron chi connectivity index (χ2n) is 2.70. The predicted octanol–water partition coefficient (Wildman–Crippen LogP) is 5.00. The van der Waals surface area contributed by atoms with Crippen molar-refractivity contribution in [2.75, 3.05) is 0 Å². The maximum atomic E-state index is 5.86. The molecule has 0 aliphatic heterocycles. The average molecular weight is 514 g/mol. The quantitative estimate of drug-likeness (QED) is 0.488. The summed E-state index contributed by atoms with van der Waals surface area (Å²) in [7, 11) is 0. The summed E-state index contributed by atoms with van der Waals surface area (Å²) in [5.74, 6) is 0. The van der Waals surface area contributed by atoms with Gasteiger partial charge in [-0.05, 0) is 0 Å². The number of hydrogen-bond acceptors (Lipinski definition) is 0. The van der Waals surface area contributed by atoms with Crippen molar-refractivity contribution in [3.8, 4) is 0 Å². The largest absolute Gasteiger partial charge is 2.00 e. The summed E-state index contributed by atoms with van der Waals surface area (Å²) in [6, 6.07) is 5.00. The molecule has 0 bridgehead atoms. The van der Waals surface area contributed by atoms with Gasteiger partial charge in [-0.2, -0.15) is 12.5 Å². The Morgan fingerprint density at radius 3 is 2.47 bits per heavy atom. The summed E-state index contributed by atoms with van der Waals surface area (Å²) in [6.45, 7) is 9.82. The third-order valence-electron chi connectivity index (χ3n) is 1.65. The maximum Gasteiger partial charge on any atom is 2.00 e. The van der Waals surface area contributed by atoms with Crippen LogP contribution in [0, 0.1) is 51.0 Å². The van der Waals surface area contributed by atoms with Crippen LogP contribution in [0.2, 0.25) is 5.02 Å². The van der Waals surface area contributed by atoms with E-state index in [-0.39, 0.29) is 31.1 Å². The molecule has 0 N–H and O–H groups in total. The van der Waals surface area contributed by atoms with Gasteiger partial charge in [-0.15, -0.1) is 44.7 Å². The minimum Gasteiger partial charge on any atom is -0.343 e. The van der Waals surface area contributed by atoms with E-state index in [0.717, 1.165) is 28.4 Å². The molecule has 0 aromatic heterocycles. The van der Waals surface area contributed by atoms with E-state index in [1.54, 1.807) is 0 Å². The van der Waals surface area contributed by atoms with Crippen LogP contribution in [0.25, 0.3) is 0 Å². The zero-order valence-corrected chi connectivity index (χ0v) is 16.0. The second kappa shape index (κ2) is 10.2. The van der Waals surface area contributed by atoms with Crippen LogP contribution in [0.1, 0.15) is 31.4 Å². The molecule has 0 nitrogen and oxygen atoms in total. The second-order valence-corrected chi connectivity index (χ2v) is 3.90. The van der Waals surface area contributed by atoms with E-state index in [1.807, 2.05) is 26.8 Å². The van der Waals surface area contributed by atoms with Gasteiger partial charge in [-0.1, -0.05) is 36.7 Å². The van der Waals surface area contributed by atoms with E-state index in [2.05, 4.69) is 28.9 Å². The van der Waals surface area contributed by atoms with E-state index in [0.29, 0.717) is 5.02 Å². The first kappa shape index (κ1) is 18.4. The molecular weight excluding hydrogens is 498 g/mol. The first-order chi connectivity index (χ1) is 6.65. The molecule has 0 atom stereocenters. The van der Waals surface area contributed by atoms with Gasteiger partial charge in [0.05, 0.1) is 0 Å². The van der Waals surface area contributed by atoms with Gasteiger partial charge in [0.25, 0.3) is 0 Å². The standard InChI is InChI=1S/C10H10BrCl.C2H6.U/c1-3-4-8-6-9(12)5-7(2)10(8)11;1-2;/h5H,1,3-4H2,2H3;1-2H3;/q-2;;+2. The zero-order valence-electron chi connectivity index (χ0n) is 9.45. The molecule has 82 valence electrons. The summed E-state index contributed by atoms with van der Waals surface area (Å²) >= 11 is 9.36. The molecule has 15 heavy (non-hydrogen) atoms. The van der Waals surface area contributed by atoms with Gasteiger partial charge in [0.2, 0.25) is 0 Å². The Labute approximate surface area is 131 Å². The van der Waals surface area contributed by atoms with E-state index in [1.165, 1.54) is 0 Å². The van der Waals surface area contributed by atoms with Crippen molar-refractivity contribution in [2.45, 2.75) is 33.6 Å². The van der Waals surface area contributed by atoms with Gasteiger partial charge in [0.15, 0.2) is 0 Å². The maximum absolute atomic E-state index is 5.86. The number of halogens is 2. The smallest absolute Gasteiger partial charge is 0.343 e. The molecule has 1 aromatic carbocycles. The first-order valence-corrected chi connectivity index (χ1v) is 5.98. The van der Waals surface area contributed by atoms with Crippen LogP contribution < -0.4 is 0 Å². The van der Waals surface area contributed by atoms with Gasteiger partial charge in [-0.3, -0.25) is 0 Å². The summed E-state index contributed by atoms with van der Waals surface area (Å²) in [5, 5.41) is 0.680. The number of benzene rings is 1. The fourth-order valence-electron chi connectivity index (χ4n) is 1.08. The number of hydrogen-bond donors (Lipinski definition) is 0. The Morgan fingerprint density at radius 1 is 1.47 bits per heavy atom. The van der Waals surface area contributed by atoms with Crippen molar-refractivity contribution in [2.24, 2.45) is 0 Å². The van der Waals surface area contributed by atoms with Crippen molar-refractivity contribution in [1.82, 2.24) is 0 Å². The number of rotatable bonds is 2. The van der Waals surface area contributed by atoms with Crippen LogP contribution in [0.3, 0.4) is 0 Å². The first-order valence-electron chi connectivity index (χ1n) is 4.81. The van der Waals surface area contributed by atoms with Gasteiger partial charge in [0.1, 0.15) is 0 Å². The summed E-state index contributed by atoms with van der Waals surface area (Å²) in [4.78, 5) is 0. The van der Waals surface area contributed by atoms with Crippen molar-refractivity contribution in [1.29, 1.82) is 0 Å². The molecule has 0 heterocycles. The SMILES string of the molecule is CC.[CH2-]CCc1[c-]c(Cl)cc(C)c1Br.[U+2]. The molecule has 3 heteroatoms. The Balaban J connectivity index is 0. The van der Waals surface area contributed by atoms with Crippen molar-refractivity contribution < 1.29 is 31.1 Å². The molecule has 1 rings (SSSR count). The van der Waals surface area contributed by atoms with E-state index in [4.69, 9.17) is 11.6 Å². The molecule has 0 aliphatic carbocycles. The van der Waals surface area contributed by atoms with Crippen LogP contribution in [0.4, 0.5) is 0 Å². The molecule has 0 saturated carbocycles. The Hall–Kier alpha value is 1.04. The summed E-state index contributed by atoms with van der Waals surface area (Å²) in [5.41, 5.74) is 2.28. The van der Waals surface area contributed by atoms with Crippen LogP contribution in [-0.4, -0.2) is 0 Å². The Kier molecular flexibility index (Phi) is 12.5. The van der Waals surface area contributed by atoms with E-state index in [9.17, 15) is 0 Å². The molecule has 0 spiro atoms. The zero-order chi connectivity index (χ0) is 11.1. The topological polar surface area (TPSA) is 0 Å². The van der Waals surface area contributed by atoms with Crippen LogP contribution in [0.5, 0.6) is 0 Å². The Bertz CT molecular complexity index is 287. The van der Waals surface area contributed by atoms with Crippen LogP contribution in [-0.2, 0) is 6.42 Å². The van der Waals surface area contributed by atoms with Crippen molar-refractivity contribution >= 4 is 27.5 Å². The van der Waals surface area contributed by atoms with Crippen LogP contribution in [0.15, 0.2) is 10.5 Å².